The van der Waals surface area contributed by atoms with Crippen LogP contribution in [0.1, 0.15) is 32.3 Å². The first-order valence-electron chi connectivity index (χ1n) is 7.40. The average molecular weight is 276 g/mol. The van der Waals surface area contributed by atoms with Gasteiger partial charge in [-0.3, -0.25) is 4.79 Å². The van der Waals surface area contributed by atoms with Crippen molar-refractivity contribution in [1.29, 1.82) is 0 Å². The molecule has 1 aromatic rings. The summed E-state index contributed by atoms with van der Waals surface area (Å²) in [6, 6.07) is 8.12. The molecule has 1 aromatic carbocycles. The number of para-hydroxylation sites is 1. The fourth-order valence-corrected chi connectivity index (χ4v) is 2.53. The van der Waals surface area contributed by atoms with Gasteiger partial charge in [-0.25, -0.2) is 0 Å². The van der Waals surface area contributed by atoms with Crippen LogP contribution in [0.3, 0.4) is 0 Å². The van der Waals surface area contributed by atoms with Gasteiger partial charge < -0.3 is 15.4 Å². The lowest BCUT2D eigenvalue weighted by atomic mass is 10.1. The fraction of sp³-hybridized carbons (Fsp3) is 0.562. The van der Waals surface area contributed by atoms with E-state index in [1.165, 1.54) is 0 Å². The first kappa shape index (κ1) is 14.9. The monoisotopic (exact) mass is 276 g/mol. The van der Waals surface area contributed by atoms with Crippen LogP contribution in [0.4, 0.5) is 0 Å². The summed E-state index contributed by atoms with van der Waals surface area (Å²) in [4.78, 5) is 14.2. The summed E-state index contributed by atoms with van der Waals surface area (Å²) in [5, 5.41) is 0. The molecule has 1 aliphatic rings. The minimum atomic E-state index is -0.447. The van der Waals surface area contributed by atoms with Gasteiger partial charge in [0.2, 0.25) is 0 Å². The molecule has 20 heavy (non-hydrogen) atoms. The summed E-state index contributed by atoms with van der Waals surface area (Å²) in [5.41, 5.74) is 7.00. The lowest BCUT2D eigenvalue weighted by molar-refractivity contribution is -0.139. The van der Waals surface area contributed by atoms with E-state index >= 15 is 0 Å². The molecule has 1 aliphatic heterocycles. The smallest absolute Gasteiger partial charge is 0.263 e. The van der Waals surface area contributed by atoms with Crippen molar-refractivity contribution in [3.63, 3.8) is 0 Å². The molecule has 1 saturated heterocycles. The number of piperidine rings is 1. The number of benzene rings is 1. The molecule has 0 aromatic heterocycles. The van der Waals surface area contributed by atoms with Crippen molar-refractivity contribution in [1.82, 2.24) is 4.90 Å². The van der Waals surface area contributed by atoms with Crippen LogP contribution in [-0.2, 0) is 11.2 Å². The lowest BCUT2D eigenvalue weighted by Gasteiger charge is -2.32. The van der Waals surface area contributed by atoms with Crippen LogP contribution in [0, 0.1) is 0 Å². The molecule has 2 N–H and O–H groups in total. The van der Waals surface area contributed by atoms with Crippen molar-refractivity contribution >= 4 is 5.91 Å². The zero-order chi connectivity index (χ0) is 14.5. The molecule has 110 valence electrons. The molecule has 0 radical (unpaired) electrons. The Bertz CT molecular complexity index is 454. The number of rotatable bonds is 4. The molecule has 0 spiro atoms. The van der Waals surface area contributed by atoms with E-state index in [9.17, 15) is 4.79 Å². The Morgan fingerprint density at radius 2 is 2.05 bits per heavy atom. The summed E-state index contributed by atoms with van der Waals surface area (Å²) in [6.07, 6.45) is 2.21. The highest BCUT2D eigenvalue weighted by molar-refractivity contribution is 5.81. The second-order valence-electron chi connectivity index (χ2n) is 5.38. The largest absolute Gasteiger partial charge is 0.481 e. The van der Waals surface area contributed by atoms with Crippen LogP contribution in [0.2, 0.25) is 0 Å². The van der Waals surface area contributed by atoms with Gasteiger partial charge in [0.25, 0.3) is 5.91 Å². The molecule has 1 atom stereocenters. The molecule has 1 heterocycles. The van der Waals surface area contributed by atoms with Gasteiger partial charge >= 0.3 is 0 Å². The summed E-state index contributed by atoms with van der Waals surface area (Å²) in [5.74, 6) is 0.868. The number of likely N-dealkylation sites (tertiary alicyclic amines) is 1. The zero-order valence-electron chi connectivity index (χ0n) is 12.3. The summed E-state index contributed by atoms with van der Waals surface area (Å²) >= 11 is 0. The molecule has 1 fully saturated rings. The highest BCUT2D eigenvalue weighted by Gasteiger charge is 2.26. The van der Waals surface area contributed by atoms with Crippen LogP contribution < -0.4 is 10.5 Å². The lowest BCUT2D eigenvalue weighted by Crippen LogP contribution is -2.47. The third-order valence-electron chi connectivity index (χ3n) is 3.86. The fourth-order valence-electron chi connectivity index (χ4n) is 2.53. The molecular formula is C16H24N2O2. The van der Waals surface area contributed by atoms with Crippen molar-refractivity contribution in [2.75, 3.05) is 13.1 Å². The zero-order valence-corrected chi connectivity index (χ0v) is 12.3. The van der Waals surface area contributed by atoms with Crippen molar-refractivity contribution in [2.24, 2.45) is 5.73 Å². The number of ether oxygens (including phenoxy) is 1. The highest BCUT2D eigenvalue weighted by atomic mass is 16.5. The number of carbonyl (C=O) groups is 1. The van der Waals surface area contributed by atoms with Gasteiger partial charge in [-0.1, -0.05) is 25.1 Å². The van der Waals surface area contributed by atoms with Crippen LogP contribution in [0.15, 0.2) is 24.3 Å². The maximum Gasteiger partial charge on any atom is 0.263 e. The van der Waals surface area contributed by atoms with Crippen molar-refractivity contribution < 1.29 is 9.53 Å². The van der Waals surface area contributed by atoms with E-state index in [2.05, 4.69) is 6.92 Å². The van der Waals surface area contributed by atoms with Gasteiger partial charge in [0.15, 0.2) is 6.10 Å². The molecular weight excluding hydrogens is 252 g/mol. The number of amides is 1. The number of nitrogens with two attached hydrogens (primary N) is 1. The third-order valence-corrected chi connectivity index (χ3v) is 3.86. The number of nitrogens with zero attached hydrogens (tertiary/aromatic N) is 1. The Balaban J connectivity index is 1.97. The van der Waals surface area contributed by atoms with Gasteiger partial charge in [-0.05, 0) is 37.8 Å². The van der Waals surface area contributed by atoms with Gasteiger partial charge in [-0.15, -0.1) is 0 Å². The Hall–Kier alpha value is -1.55. The number of aryl methyl sites for hydroxylation is 1. The third kappa shape index (κ3) is 3.51. The van der Waals surface area contributed by atoms with Gasteiger partial charge in [0.1, 0.15) is 5.75 Å². The van der Waals surface area contributed by atoms with Crippen molar-refractivity contribution in [2.45, 2.75) is 45.3 Å². The number of hydrogen-bond donors (Lipinski definition) is 1. The molecule has 1 amide bonds. The molecule has 0 aliphatic carbocycles. The minimum Gasteiger partial charge on any atom is -0.481 e. The van der Waals surface area contributed by atoms with Gasteiger partial charge in [-0.2, -0.15) is 0 Å². The Labute approximate surface area is 120 Å². The SMILES string of the molecule is CCc1ccccc1OC(C)C(=O)N1CCC(N)CC1. The summed E-state index contributed by atoms with van der Waals surface area (Å²) in [6.45, 7) is 5.39. The standard InChI is InChI=1S/C16H24N2O2/c1-3-13-6-4-5-7-15(13)20-12(2)16(19)18-10-8-14(17)9-11-18/h4-7,12,14H,3,8-11,17H2,1-2H3. The van der Waals surface area contributed by atoms with Crippen LogP contribution in [0.25, 0.3) is 0 Å². The molecule has 4 heteroatoms. The molecule has 4 nitrogen and oxygen atoms in total. The van der Waals surface area contributed by atoms with E-state index in [0.29, 0.717) is 0 Å². The maximum absolute atomic E-state index is 12.4. The average Bonchev–Trinajstić information content (AvgIpc) is 2.48. The molecule has 0 saturated carbocycles. The summed E-state index contributed by atoms with van der Waals surface area (Å²) in [7, 11) is 0. The first-order chi connectivity index (χ1) is 9.61. The topological polar surface area (TPSA) is 55.6 Å². The minimum absolute atomic E-state index is 0.0582. The van der Waals surface area contributed by atoms with Crippen LogP contribution in [-0.4, -0.2) is 36.0 Å². The van der Waals surface area contributed by atoms with Gasteiger partial charge in [0.05, 0.1) is 0 Å². The van der Waals surface area contributed by atoms with E-state index < -0.39 is 6.10 Å². The van der Waals surface area contributed by atoms with Crippen molar-refractivity contribution in [3.05, 3.63) is 29.8 Å². The predicted octanol–water partition coefficient (Wildman–Crippen LogP) is 1.97. The van der Waals surface area contributed by atoms with E-state index in [1.54, 1.807) is 0 Å². The maximum atomic E-state index is 12.4. The van der Waals surface area contributed by atoms with E-state index in [4.69, 9.17) is 10.5 Å². The van der Waals surface area contributed by atoms with E-state index in [0.717, 1.165) is 43.7 Å². The van der Waals surface area contributed by atoms with Crippen LogP contribution >= 0.6 is 0 Å². The van der Waals surface area contributed by atoms with Crippen molar-refractivity contribution in [3.8, 4) is 5.75 Å². The van der Waals surface area contributed by atoms with Gasteiger partial charge in [0, 0.05) is 19.1 Å². The molecule has 2 rings (SSSR count). The first-order valence-corrected chi connectivity index (χ1v) is 7.40. The predicted molar refractivity (Wildman–Crippen MR) is 79.7 cm³/mol. The second-order valence-corrected chi connectivity index (χ2v) is 5.38. The quantitative estimate of drug-likeness (QED) is 0.914. The molecule has 1 unspecified atom stereocenters. The van der Waals surface area contributed by atoms with Crippen LogP contribution in [0.5, 0.6) is 5.75 Å². The Kier molecular flexibility index (Phi) is 5.01. The van der Waals surface area contributed by atoms with E-state index in [1.807, 2.05) is 36.1 Å². The van der Waals surface area contributed by atoms with E-state index in [-0.39, 0.29) is 11.9 Å². The Morgan fingerprint density at radius 3 is 2.70 bits per heavy atom. The number of carbonyl (C=O) groups excluding carboxylic acids is 1. The summed E-state index contributed by atoms with van der Waals surface area (Å²) < 4.78 is 5.86. The second kappa shape index (κ2) is 6.75. The highest BCUT2D eigenvalue weighted by Crippen LogP contribution is 2.20. The normalized spacial score (nSPS) is 17.9. The Morgan fingerprint density at radius 1 is 1.40 bits per heavy atom. The number of hydrogen-bond acceptors (Lipinski definition) is 3. The molecule has 0 bridgehead atoms.